The van der Waals surface area contributed by atoms with Gasteiger partial charge in [-0.1, -0.05) is 60.1 Å². The van der Waals surface area contributed by atoms with Crippen LogP contribution in [0.3, 0.4) is 0 Å². The fourth-order valence-corrected chi connectivity index (χ4v) is 13.9. The summed E-state index contributed by atoms with van der Waals surface area (Å²) >= 11 is 0. The summed E-state index contributed by atoms with van der Waals surface area (Å²) in [4.78, 5) is 17.8. The molecule has 9 heteroatoms. The number of nitrogens with zero attached hydrogens (tertiary/aromatic N) is 2. The predicted molar refractivity (Wildman–Crippen MR) is 194 cm³/mol. The van der Waals surface area contributed by atoms with Gasteiger partial charge in [-0.15, -0.1) is 0 Å². The quantitative estimate of drug-likeness (QED) is 0.158. The van der Waals surface area contributed by atoms with Crippen LogP contribution in [0.1, 0.15) is 100 Å². The van der Waals surface area contributed by atoms with E-state index in [4.69, 9.17) is 19.9 Å². The van der Waals surface area contributed by atoms with Crippen LogP contribution < -0.4 is 5.73 Å². The van der Waals surface area contributed by atoms with E-state index in [0.717, 1.165) is 90.8 Å². The highest BCUT2D eigenvalue weighted by Crippen LogP contribution is 2.85. The van der Waals surface area contributed by atoms with Crippen molar-refractivity contribution in [2.24, 2.45) is 62.4 Å². The Morgan fingerprint density at radius 2 is 1.68 bits per heavy atom. The van der Waals surface area contributed by atoms with Crippen molar-refractivity contribution in [2.75, 3.05) is 59.0 Å². The average molecular weight is 700 g/mol. The number of aliphatic hydroxyl groups excluding tert-OH is 1. The zero-order valence-corrected chi connectivity index (χ0v) is 32.5. The van der Waals surface area contributed by atoms with Crippen LogP contribution in [0.15, 0.2) is 11.6 Å². The fraction of sp³-hybridized carbons (Fsp3) is 0.927. The molecule has 0 radical (unpaired) electrons. The van der Waals surface area contributed by atoms with Gasteiger partial charge < -0.3 is 35.1 Å². The molecule has 4 saturated carbocycles. The van der Waals surface area contributed by atoms with Gasteiger partial charge in [0.15, 0.2) is 12.4 Å². The van der Waals surface area contributed by atoms with E-state index in [1.807, 2.05) is 0 Å². The molecule has 2 bridgehead atoms. The van der Waals surface area contributed by atoms with Gasteiger partial charge in [-0.05, 0) is 98.0 Å². The molecule has 2 spiro atoms. The minimum Gasteiger partial charge on any atom is -0.457 e. The molecule has 4 N–H and O–H groups in total. The summed E-state index contributed by atoms with van der Waals surface area (Å²) in [6, 6.07) is 0. The third-order valence-electron chi connectivity index (χ3n) is 17.1. The van der Waals surface area contributed by atoms with E-state index in [1.165, 1.54) is 12.5 Å². The molecule has 3 aliphatic heterocycles. The van der Waals surface area contributed by atoms with Gasteiger partial charge in [0.2, 0.25) is 0 Å². The molecular weight excluding hydrogens is 630 g/mol. The standard InChI is InChI=1S/C41H69N3O6/c1-26(2)27(3)36(5)14-15-38(7)29-10-11-31-37(6)25-49-41(24-40(31,41)30(29)12-13-39(38,8)32(36)35(46)47)34(50-28(4)45)33(37)48-23-22-44-20-18-43(19-21-44)17-9-16-42/h12,26-27,29,31-35,46-47H,9-11,13-25,42H2,1-8H3/t27-,29+,31?,32-,33?,34+,36-,37?,38-,39+,40-,41?/m1/s1. The molecule has 7 fully saturated rings. The highest BCUT2D eigenvalue weighted by Gasteiger charge is 2.89. The molecule has 9 nitrogen and oxygen atoms in total. The van der Waals surface area contributed by atoms with Crippen molar-refractivity contribution in [3.8, 4) is 0 Å². The van der Waals surface area contributed by atoms with Crippen molar-refractivity contribution in [2.45, 2.75) is 124 Å². The molecule has 0 aromatic rings. The van der Waals surface area contributed by atoms with E-state index in [0.29, 0.717) is 36.9 Å². The predicted octanol–water partition coefficient (Wildman–Crippen LogP) is 4.84. The lowest BCUT2D eigenvalue weighted by molar-refractivity contribution is -0.302. The first-order valence-electron chi connectivity index (χ1n) is 20.2. The van der Waals surface area contributed by atoms with Crippen LogP contribution in [0.2, 0.25) is 0 Å². The maximum atomic E-state index is 12.8. The number of ether oxygens (including phenoxy) is 3. The van der Waals surface area contributed by atoms with Crippen LogP contribution in [-0.4, -0.2) is 109 Å². The number of allylic oxidation sites excluding steroid dienone is 1. The van der Waals surface area contributed by atoms with Crippen molar-refractivity contribution in [3.05, 3.63) is 11.6 Å². The third kappa shape index (κ3) is 5.06. The van der Waals surface area contributed by atoms with Crippen LogP contribution in [0, 0.1) is 56.7 Å². The summed E-state index contributed by atoms with van der Waals surface area (Å²) in [5.74, 6) is 1.09. The summed E-state index contributed by atoms with van der Waals surface area (Å²) in [6.45, 7) is 26.1. The van der Waals surface area contributed by atoms with Crippen LogP contribution in [0.4, 0.5) is 0 Å². The van der Waals surface area contributed by atoms with Gasteiger partial charge in [-0.25, -0.2) is 0 Å². The number of piperazine rings is 1. The van der Waals surface area contributed by atoms with Crippen molar-refractivity contribution in [1.82, 2.24) is 9.80 Å². The van der Waals surface area contributed by atoms with Crippen LogP contribution >= 0.6 is 0 Å². The number of rotatable bonds is 11. The van der Waals surface area contributed by atoms with Crippen molar-refractivity contribution in [1.29, 1.82) is 0 Å². The van der Waals surface area contributed by atoms with E-state index >= 15 is 0 Å². The summed E-state index contributed by atoms with van der Waals surface area (Å²) < 4.78 is 20.2. The number of hydrogen-bond acceptors (Lipinski definition) is 9. The molecule has 284 valence electrons. The highest BCUT2D eigenvalue weighted by atomic mass is 16.6. The zero-order chi connectivity index (χ0) is 36.1. The first-order valence-corrected chi connectivity index (χ1v) is 20.2. The van der Waals surface area contributed by atoms with Crippen LogP contribution in [0.5, 0.6) is 0 Å². The SMILES string of the molecule is CC(=O)O[C@H]1C(OCCN2CCN(CCCN)CC2)C2(C)COC13C[C@]31C3=CC[C@@]4(C)[C@H](C(O)O)[C@@](C)([C@H](C)C(C)C)CC[C@]4(C)[C@H]3CCC21. The van der Waals surface area contributed by atoms with Gasteiger partial charge in [0.05, 0.1) is 13.2 Å². The molecule has 0 aromatic carbocycles. The molecule has 3 saturated heterocycles. The molecule has 3 heterocycles. The van der Waals surface area contributed by atoms with Gasteiger partial charge in [0.25, 0.3) is 0 Å². The monoisotopic (exact) mass is 700 g/mol. The first kappa shape index (κ1) is 37.3. The van der Waals surface area contributed by atoms with Crippen molar-refractivity contribution < 1.29 is 29.2 Å². The summed E-state index contributed by atoms with van der Waals surface area (Å²) in [5, 5.41) is 22.4. The lowest BCUT2D eigenvalue weighted by atomic mass is 9.35. The smallest absolute Gasteiger partial charge is 0.303 e. The van der Waals surface area contributed by atoms with Crippen LogP contribution in [0.25, 0.3) is 0 Å². The first-order chi connectivity index (χ1) is 23.6. The molecule has 0 amide bonds. The number of hydrogen-bond donors (Lipinski definition) is 3. The number of nitrogens with two attached hydrogens (primary N) is 1. The van der Waals surface area contributed by atoms with E-state index in [9.17, 15) is 15.0 Å². The zero-order valence-electron chi connectivity index (χ0n) is 32.5. The third-order valence-corrected chi connectivity index (χ3v) is 17.1. The lowest BCUT2D eigenvalue weighted by Crippen LogP contribution is -2.72. The lowest BCUT2D eigenvalue weighted by Gasteiger charge is -2.70. The molecule has 50 heavy (non-hydrogen) atoms. The Morgan fingerprint density at radius 3 is 2.30 bits per heavy atom. The van der Waals surface area contributed by atoms with E-state index < -0.39 is 18.0 Å². The minimum atomic E-state index is -1.36. The summed E-state index contributed by atoms with van der Waals surface area (Å²) in [7, 11) is 0. The molecule has 8 aliphatic rings. The Balaban J connectivity index is 1.16. The minimum absolute atomic E-state index is 0.0794. The van der Waals surface area contributed by atoms with E-state index in [2.05, 4.69) is 64.3 Å². The molecule has 0 aromatic heterocycles. The largest absolute Gasteiger partial charge is 0.457 e. The Kier molecular flexibility index (Phi) is 9.51. The Labute approximate surface area is 302 Å². The Bertz CT molecular complexity index is 1330. The number of esters is 1. The molecule has 4 unspecified atom stereocenters. The second kappa shape index (κ2) is 12.8. The van der Waals surface area contributed by atoms with Gasteiger partial charge in [-0.2, -0.15) is 0 Å². The average Bonchev–Trinajstić information content (AvgIpc) is 3.75. The van der Waals surface area contributed by atoms with E-state index in [1.54, 1.807) is 0 Å². The molecule has 12 atom stereocenters. The number of carbonyl (C=O) groups is 1. The second-order valence-corrected chi connectivity index (χ2v) is 19.3. The van der Waals surface area contributed by atoms with Crippen LogP contribution in [-0.2, 0) is 19.0 Å². The summed E-state index contributed by atoms with van der Waals surface area (Å²) in [6.07, 6.45) is 7.56. The molecular formula is C41H69N3O6. The topological polar surface area (TPSA) is 118 Å². The summed E-state index contributed by atoms with van der Waals surface area (Å²) in [5.41, 5.74) is 5.77. The van der Waals surface area contributed by atoms with Gasteiger partial charge >= 0.3 is 5.97 Å². The fourth-order valence-electron chi connectivity index (χ4n) is 13.9. The Hall–Kier alpha value is -1.07. The van der Waals surface area contributed by atoms with Crippen molar-refractivity contribution >= 4 is 5.97 Å². The number of fused-ring (bicyclic) bond motifs is 5. The van der Waals surface area contributed by atoms with Gasteiger partial charge in [0, 0.05) is 56.4 Å². The molecule has 8 rings (SSSR count). The Morgan fingerprint density at radius 1 is 1.00 bits per heavy atom. The maximum absolute atomic E-state index is 12.8. The normalized spacial score (nSPS) is 47.6. The molecule has 5 aliphatic carbocycles. The van der Waals surface area contributed by atoms with E-state index in [-0.39, 0.29) is 45.1 Å². The maximum Gasteiger partial charge on any atom is 0.303 e. The van der Waals surface area contributed by atoms with Gasteiger partial charge in [0.1, 0.15) is 11.7 Å². The highest BCUT2D eigenvalue weighted by molar-refractivity contribution is 5.67. The second-order valence-electron chi connectivity index (χ2n) is 19.3. The van der Waals surface area contributed by atoms with Gasteiger partial charge in [-0.3, -0.25) is 9.69 Å². The van der Waals surface area contributed by atoms with Crippen molar-refractivity contribution in [3.63, 3.8) is 0 Å². The number of carbonyl (C=O) groups excluding carboxylic acids is 1. The number of aliphatic hydroxyl groups is 2.